The molecule has 2 nitrogen and oxygen atoms in total. The lowest BCUT2D eigenvalue weighted by molar-refractivity contribution is 0.0104. The Morgan fingerprint density at radius 2 is 1.52 bits per heavy atom. The first kappa shape index (κ1) is 22.2. The van der Waals surface area contributed by atoms with Crippen LogP contribution in [0.4, 0.5) is 8.78 Å². The van der Waals surface area contributed by atoms with Crippen molar-refractivity contribution in [1.82, 2.24) is 0 Å². The van der Waals surface area contributed by atoms with Gasteiger partial charge in [0.25, 0.3) is 0 Å². The largest absolute Gasteiger partial charge is 0.459 e. The van der Waals surface area contributed by atoms with Crippen LogP contribution in [-0.2, 0) is 11.2 Å². The molecule has 2 aliphatic rings. The summed E-state index contributed by atoms with van der Waals surface area (Å²) >= 11 is 0. The summed E-state index contributed by atoms with van der Waals surface area (Å²) in [6.07, 6.45) is 12.9. The predicted octanol–water partition coefficient (Wildman–Crippen LogP) is 7.24. The van der Waals surface area contributed by atoms with Gasteiger partial charge in [0.1, 0.15) is 6.10 Å². The third kappa shape index (κ3) is 5.58. The van der Waals surface area contributed by atoms with Crippen LogP contribution in [0, 0.1) is 29.4 Å². The summed E-state index contributed by atoms with van der Waals surface area (Å²) in [6, 6.07) is 2.87. The second kappa shape index (κ2) is 10.5. The molecule has 0 N–H and O–H groups in total. The number of aryl methyl sites for hydroxylation is 1. The zero-order chi connectivity index (χ0) is 20.8. The van der Waals surface area contributed by atoms with Gasteiger partial charge in [-0.15, -0.1) is 0 Å². The molecule has 1 aromatic carbocycles. The van der Waals surface area contributed by atoms with E-state index in [2.05, 4.69) is 6.92 Å². The molecule has 0 radical (unpaired) electrons. The van der Waals surface area contributed by atoms with E-state index in [-0.39, 0.29) is 11.7 Å². The zero-order valence-electron chi connectivity index (χ0n) is 18.0. The third-order valence-corrected chi connectivity index (χ3v) is 7.15. The highest BCUT2D eigenvalue weighted by Gasteiger charge is 2.32. The van der Waals surface area contributed by atoms with Gasteiger partial charge < -0.3 is 4.74 Å². The number of halogens is 2. The van der Waals surface area contributed by atoms with Crippen LogP contribution < -0.4 is 0 Å². The normalized spacial score (nSPS) is 27.6. The van der Waals surface area contributed by atoms with E-state index in [0.29, 0.717) is 12.0 Å². The Labute approximate surface area is 174 Å². The van der Waals surface area contributed by atoms with Crippen molar-refractivity contribution in [2.45, 2.75) is 97.0 Å². The van der Waals surface area contributed by atoms with Crippen LogP contribution in [0.1, 0.15) is 100 Å². The minimum Gasteiger partial charge on any atom is -0.459 e. The van der Waals surface area contributed by atoms with E-state index in [1.165, 1.54) is 50.7 Å². The number of rotatable bonds is 7. The molecule has 2 aliphatic carbocycles. The van der Waals surface area contributed by atoms with Gasteiger partial charge in [0, 0.05) is 0 Å². The fourth-order valence-corrected chi connectivity index (χ4v) is 5.46. The number of ether oxygens (including phenoxy) is 1. The highest BCUT2D eigenvalue weighted by molar-refractivity contribution is 5.90. The quantitative estimate of drug-likeness (QED) is 0.446. The summed E-state index contributed by atoms with van der Waals surface area (Å²) in [6.45, 7) is 4.18. The molecule has 162 valence electrons. The van der Waals surface area contributed by atoms with Crippen molar-refractivity contribution in [2.75, 3.05) is 0 Å². The third-order valence-electron chi connectivity index (χ3n) is 7.15. The lowest BCUT2D eigenvalue weighted by atomic mass is 9.70. The minimum absolute atomic E-state index is 0.173. The Bertz CT molecular complexity index is 672. The maximum absolute atomic E-state index is 14.3. The summed E-state index contributed by atoms with van der Waals surface area (Å²) in [5.74, 6) is -0.241. The van der Waals surface area contributed by atoms with Gasteiger partial charge in [0.05, 0.1) is 5.56 Å². The van der Waals surface area contributed by atoms with Gasteiger partial charge in [-0.3, -0.25) is 0 Å². The van der Waals surface area contributed by atoms with Crippen LogP contribution in [0.25, 0.3) is 0 Å². The van der Waals surface area contributed by atoms with Crippen LogP contribution in [0.2, 0.25) is 0 Å². The van der Waals surface area contributed by atoms with E-state index in [9.17, 15) is 13.6 Å². The molecule has 29 heavy (non-hydrogen) atoms. The fraction of sp³-hybridized carbons (Fsp3) is 0.720. The Balaban J connectivity index is 1.48. The van der Waals surface area contributed by atoms with Gasteiger partial charge >= 0.3 is 5.97 Å². The van der Waals surface area contributed by atoms with Gasteiger partial charge in [-0.25, -0.2) is 13.6 Å². The van der Waals surface area contributed by atoms with Crippen molar-refractivity contribution in [1.29, 1.82) is 0 Å². The first-order chi connectivity index (χ1) is 14.0. The number of carbonyl (C=O) groups excluding carboxylic acids is 1. The van der Waals surface area contributed by atoms with Crippen molar-refractivity contribution >= 4 is 5.97 Å². The monoisotopic (exact) mass is 406 g/mol. The summed E-state index contributed by atoms with van der Waals surface area (Å²) in [4.78, 5) is 12.4. The Morgan fingerprint density at radius 3 is 2.10 bits per heavy atom. The lowest BCUT2D eigenvalue weighted by Gasteiger charge is -2.37. The number of hydrogen-bond donors (Lipinski definition) is 0. The molecule has 2 fully saturated rings. The molecule has 0 amide bonds. The van der Waals surface area contributed by atoms with Crippen LogP contribution in [0.15, 0.2) is 12.1 Å². The highest BCUT2D eigenvalue weighted by Crippen LogP contribution is 2.41. The Hall–Kier alpha value is -1.45. The van der Waals surface area contributed by atoms with Gasteiger partial charge in [-0.2, -0.15) is 0 Å². The summed E-state index contributed by atoms with van der Waals surface area (Å²) in [5, 5.41) is 0. The van der Waals surface area contributed by atoms with E-state index in [1.54, 1.807) is 0 Å². The number of esters is 1. The van der Waals surface area contributed by atoms with E-state index in [0.717, 1.165) is 49.9 Å². The molecule has 1 aromatic rings. The molecular weight excluding hydrogens is 370 g/mol. The molecule has 0 bridgehead atoms. The Morgan fingerprint density at radius 1 is 0.897 bits per heavy atom. The van der Waals surface area contributed by atoms with Crippen molar-refractivity contribution in [3.8, 4) is 0 Å². The highest BCUT2D eigenvalue weighted by atomic mass is 19.2. The van der Waals surface area contributed by atoms with E-state index >= 15 is 0 Å². The Kier molecular flexibility index (Phi) is 8.08. The smallest absolute Gasteiger partial charge is 0.341 e. The topological polar surface area (TPSA) is 26.3 Å². The zero-order valence-corrected chi connectivity index (χ0v) is 18.0. The van der Waals surface area contributed by atoms with E-state index in [1.807, 2.05) is 6.92 Å². The van der Waals surface area contributed by atoms with E-state index in [4.69, 9.17) is 4.74 Å². The summed E-state index contributed by atoms with van der Waals surface area (Å²) in [7, 11) is 0. The summed E-state index contributed by atoms with van der Waals surface area (Å²) in [5.41, 5.74) is 0.0365. The lowest BCUT2D eigenvalue weighted by Crippen LogP contribution is -2.30. The molecular formula is C25H36F2O2. The van der Waals surface area contributed by atoms with Crippen molar-refractivity contribution in [3.63, 3.8) is 0 Å². The van der Waals surface area contributed by atoms with Crippen LogP contribution >= 0.6 is 0 Å². The van der Waals surface area contributed by atoms with Crippen molar-refractivity contribution < 1.29 is 18.3 Å². The average molecular weight is 407 g/mol. The van der Waals surface area contributed by atoms with Gasteiger partial charge in [0.2, 0.25) is 0 Å². The number of benzene rings is 1. The predicted molar refractivity (Wildman–Crippen MR) is 112 cm³/mol. The molecule has 0 atom stereocenters. The first-order valence-electron chi connectivity index (χ1n) is 11.7. The SMILES string of the molecule is CCCc1ccc(C(=O)OC2CCC([C@H]3CC[C@H](CCC)CC3)CC2)c(F)c1F. The first-order valence-corrected chi connectivity index (χ1v) is 11.7. The van der Waals surface area contributed by atoms with Crippen molar-refractivity contribution in [2.24, 2.45) is 17.8 Å². The van der Waals surface area contributed by atoms with Crippen molar-refractivity contribution in [3.05, 3.63) is 34.9 Å². The molecule has 0 unspecified atom stereocenters. The van der Waals surface area contributed by atoms with Gasteiger partial charge in [0.15, 0.2) is 11.6 Å². The van der Waals surface area contributed by atoms with Crippen LogP contribution in [0.5, 0.6) is 0 Å². The number of hydrogen-bond acceptors (Lipinski definition) is 2. The standard InChI is InChI=1S/C25H36F2O2/c1-3-5-17-7-9-18(10-8-17)19-11-14-21(15-12-19)29-25(28)22-16-13-20(6-4-2)23(26)24(22)27/h13,16-19,21H,3-12,14-15H2,1-2H3/t17-,18-,19?,21?. The molecule has 3 rings (SSSR count). The second-order valence-electron chi connectivity index (χ2n) is 9.16. The average Bonchev–Trinajstić information content (AvgIpc) is 2.73. The maximum Gasteiger partial charge on any atom is 0.341 e. The second-order valence-corrected chi connectivity index (χ2v) is 9.16. The van der Waals surface area contributed by atoms with Crippen LogP contribution in [0.3, 0.4) is 0 Å². The molecule has 0 saturated heterocycles. The van der Waals surface area contributed by atoms with Crippen LogP contribution in [-0.4, -0.2) is 12.1 Å². The number of carbonyl (C=O) groups is 1. The molecule has 0 spiro atoms. The fourth-order valence-electron chi connectivity index (χ4n) is 5.46. The molecule has 0 aromatic heterocycles. The van der Waals surface area contributed by atoms with E-state index < -0.39 is 17.6 Å². The molecule has 0 heterocycles. The van der Waals surface area contributed by atoms with Gasteiger partial charge in [-0.05, 0) is 74.3 Å². The van der Waals surface area contributed by atoms with Gasteiger partial charge in [-0.1, -0.05) is 52.0 Å². The molecule has 0 aliphatic heterocycles. The minimum atomic E-state index is -1.07. The summed E-state index contributed by atoms with van der Waals surface area (Å²) < 4.78 is 34.0. The maximum atomic E-state index is 14.3. The molecule has 2 saturated carbocycles. The molecule has 4 heteroatoms.